The summed E-state index contributed by atoms with van der Waals surface area (Å²) >= 11 is 0. The van der Waals surface area contributed by atoms with Gasteiger partial charge >= 0.3 is 0 Å². The fraction of sp³-hybridized carbons (Fsp3) is 0.500. The van der Waals surface area contributed by atoms with Crippen LogP contribution in [0.1, 0.15) is 13.8 Å². The molecule has 0 aliphatic rings. The highest BCUT2D eigenvalue weighted by atomic mass is 16.2. The van der Waals surface area contributed by atoms with Crippen molar-refractivity contribution in [3.63, 3.8) is 0 Å². The van der Waals surface area contributed by atoms with Crippen LogP contribution >= 0.6 is 0 Å². The van der Waals surface area contributed by atoms with Crippen molar-refractivity contribution in [1.29, 1.82) is 0 Å². The maximum atomic E-state index is 9.94. The monoisotopic (exact) mass is 114 g/mol. The Morgan fingerprint density at radius 1 is 1.00 bits per heavy atom. The molecule has 0 aromatic rings. The average Bonchev–Trinajstić information content (AvgIpc) is 1.61. The highest BCUT2D eigenvalue weighted by Gasteiger charge is 1.85. The lowest BCUT2D eigenvalue weighted by atomic mass is 10.7. The van der Waals surface area contributed by atoms with E-state index in [1.807, 2.05) is 0 Å². The zero-order valence-electron chi connectivity index (χ0n) is 4.71. The molecule has 0 spiro atoms. The topological polar surface area (TPSA) is 58.9 Å². The average molecular weight is 114 g/mol. The van der Waals surface area contributed by atoms with E-state index < -0.39 is 11.8 Å². The predicted octanol–water partition coefficient (Wildman–Crippen LogP) is 0.532. The molecule has 0 fully saturated rings. The van der Waals surface area contributed by atoms with Crippen LogP contribution in [0.25, 0.3) is 0 Å². The van der Waals surface area contributed by atoms with Gasteiger partial charge in [-0.1, -0.05) is 0 Å². The summed E-state index contributed by atoms with van der Waals surface area (Å²) in [5, 5.41) is 5.92. The van der Waals surface area contributed by atoms with E-state index in [1.165, 1.54) is 13.8 Å². The first-order valence-electron chi connectivity index (χ1n) is 2.06. The molecule has 0 aliphatic heterocycles. The van der Waals surface area contributed by atoms with Gasteiger partial charge < -0.3 is 0 Å². The van der Waals surface area contributed by atoms with E-state index in [-0.39, 0.29) is 0 Å². The summed E-state index contributed by atoms with van der Waals surface area (Å²) < 4.78 is 0. The van der Waals surface area contributed by atoms with E-state index in [0.29, 0.717) is 0 Å². The lowest BCUT2D eigenvalue weighted by molar-refractivity contribution is -0.120. The molecule has 0 aliphatic carbocycles. The summed E-state index contributed by atoms with van der Waals surface area (Å²) in [5.41, 5.74) is 0. The van der Waals surface area contributed by atoms with Crippen molar-refractivity contribution in [2.45, 2.75) is 13.8 Å². The molecule has 0 heterocycles. The lowest BCUT2D eigenvalue weighted by Crippen LogP contribution is -1.84. The number of amides is 2. The summed E-state index contributed by atoms with van der Waals surface area (Å²) in [6.07, 6.45) is 0. The molecule has 0 radical (unpaired) electrons. The summed E-state index contributed by atoms with van der Waals surface area (Å²) in [7, 11) is 0. The minimum Gasteiger partial charge on any atom is -0.271 e. The molecule has 0 N–H and O–H groups in total. The molecule has 0 atom stereocenters. The van der Waals surface area contributed by atoms with Crippen molar-refractivity contribution in [3.05, 3.63) is 0 Å². The second kappa shape index (κ2) is 3.01. The summed E-state index contributed by atoms with van der Waals surface area (Å²) in [5.74, 6) is -0.916. The van der Waals surface area contributed by atoms with Crippen LogP contribution in [-0.4, -0.2) is 11.8 Å². The van der Waals surface area contributed by atoms with Crippen LogP contribution in [0.5, 0.6) is 0 Å². The third-order valence-electron chi connectivity index (χ3n) is 0.332. The second-order valence-electron chi connectivity index (χ2n) is 1.24. The molecule has 44 valence electrons. The number of hydrogen-bond acceptors (Lipinski definition) is 2. The van der Waals surface area contributed by atoms with Gasteiger partial charge in [0.25, 0.3) is 11.8 Å². The maximum absolute atomic E-state index is 9.94. The standard InChI is InChI=1S/C4H6N2O2/c1-3(7)5-6-4(2)8/h1-2H3/b6-5+. The van der Waals surface area contributed by atoms with Gasteiger partial charge in [0, 0.05) is 13.8 Å². The minimum atomic E-state index is -0.458. The van der Waals surface area contributed by atoms with Gasteiger partial charge in [-0.15, -0.1) is 10.2 Å². The first kappa shape index (κ1) is 6.94. The highest BCUT2D eigenvalue weighted by Crippen LogP contribution is 1.76. The third-order valence-corrected chi connectivity index (χ3v) is 0.332. The van der Waals surface area contributed by atoms with Gasteiger partial charge in [-0.3, -0.25) is 9.59 Å². The van der Waals surface area contributed by atoms with Crippen molar-refractivity contribution in [2.75, 3.05) is 0 Å². The number of carbonyl (C=O) groups excluding carboxylic acids is 2. The van der Waals surface area contributed by atoms with E-state index in [1.54, 1.807) is 0 Å². The Hall–Kier alpha value is -1.06. The predicted molar refractivity (Wildman–Crippen MR) is 26.2 cm³/mol. The Kier molecular flexibility index (Phi) is 2.61. The van der Waals surface area contributed by atoms with Crippen molar-refractivity contribution in [1.82, 2.24) is 0 Å². The van der Waals surface area contributed by atoms with E-state index in [2.05, 4.69) is 10.2 Å². The van der Waals surface area contributed by atoms with Crippen molar-refractivity contribution < 1.29 is 9.59 Å². The van der Waals surface area contributed by atoms with Crippen molar-refractivity contribution in [3.8, 4) is 0 Å². The highest BCUT2D eigenvalue weighted by molar-refractivity contribution is 5.78. The lowest BCUT2D eigenvalue weighted by Gasteiger charge is -1.74. The SMILES string of the molecule is CC(=O)/N=N/C(C)=O. The molecule has 0 saturated carbocycles. The molecule has 0 saturated heterocycles. The van der Waals surface area contributed by atoms with Crippen LogP contribution < -0.4 is 0 Å². The summed E-state index contributed by atoms with van der Waals surface area (Å²) in [6.45, 7) is 2.46. The zero-order chi connectivity index (χ0) is 6.57. The molecule has 4 heteroatoms. The maximum Gasteiger partial charge on any atom is 0.261 e. The molecule has 0 unspecified atom stereocenters. The first-order chi connectivity index (χ1) is 3.63. The Bertz CT molecular complexity index is 123. The van der Waals surface area contributed by atoms with Gasteiger partial charge in [-0.05, 0) is 0 Å². The Morgan fingerprint density at radius 3 is 1.38 bits per heavy atom. The molecule has 0 bridgehead atoms. The summed E-state index contributed by atoms with van der Waals surface area (Å²) in [6, 6.07) is 0. The van der Waals surface area contributed by atoms with Gasteiger partial charge in [0.1, 0.15) is 0 Å². The first-order valence-corrected chi connectivity index (χ1v) is 2.06. The van der Waals surface area contributed by atoms with E-state index >= 15 is 0 Å². The molecule has 2 amide bonds. The number of rotatable bonds is 0. The molecule has 0 rings (SSSR count). The van der Waals surface area contributed by atoms with Gasteiger partial charge in [-0.25, -0.2) is 0 Å². The van der Waals surface area contributed by atoms with Crippen LogP contribution in [0, 0.1) is 0 Å². The van der Waals surface area contributed by atoms with Crippen molar-refractivity contribution in [2.24, 2.45) is 10.2 Å². The normalized spacial score (nSPS) is 9.75. The van der Waals surface area contributed by atoms with E-state index in [4.69, 9.17) is 0 Å². The van der Waals surface area contributed by atoms with Crippen LogP contribution in [0.4, 0.5) is 0 Å². The van der Waals surface area contributed by atoms with Crippen LogP contribution in [0.2, 0.25) is 0 Å². The van der Waals surface area contributed by atoms with Crippen LogP contribution in [0.15, 0.2) is 10.2 Å². The fourth-order valence-corrected chi connectivity index (χ4v) is 0.141. The molecule has 0 aromatic carbocycles. The fourth-order valence-electron chi connectivity index (χ4n) is 0.141. The number of nitrogens with zero attached hydrogens (tertiary/aromatic N) is 2. The van der Waals surface area contributed by atoms with Gasteiger partial charge in [0.15, 0.2) is 0 Å². The Labute approximate surface area is 46.6 Å². The number of carbonyl (C=O) groups is 2. The molecule has 4 nitrogen and oxygen atoms in total. The van der Waals surface area contributed by atoms with Gasteiger partial charge in [0.05, 0.1) is 0 Å². The zero-order valence-corrected chi connectivity index (χ0v) is 4.71. The van der Waals surface area contributed by atoms with Gasteiger partial charge in [0.2, 0.25) is 0 Å². The quantitative estimate of drug-likeness (QED) is 0.431. The number of hydrogen-bond donors (Lipinski definition) is 0. The van der Waals surface area contributed by atoms with Crippen LogP contribution in [0.3, 0.4) is 0 Å². The number of azo groups is 1. The Balaban J connectivity index is 3.67. The summed E-state index contributed by atoms with van der Waals surface area (Å²) in [4.78, 5) is 19.9. The molecular weight excluding hydrogens is 108 g/mol. The second-order valence-corrected chi connectivity index (χ2v) is 1.24. The molecule has 8 heavy (non-hydrogen) atoms. The molecule has 0 aromatic heterocycles. The third kappa shape index (κ3) is 4.94. The minimum absolute atomic E-state index is 0.458. The van der Waals surface area contributed by atoms with Gasteiger partial charge in [-0.2, -0.15) is 0 Å². The smallest absolute Gasteiger partial charge is 0.261 e. The van der Waals surface area contributed by atoms with Crippen molar-refractivity contribution >= 4 is 11.8 Å². The van der Waals surface area contributed by atoms with E-state index in [0.717, 1.165) is 0 Å². The largest absolute Gasteiger partial charge is 0.271 e. The van der Waals surface area contributed by atoms with Crippen LogP contribution in [-0.2, 0) is 9.59 Å². The Morgan fingerprint density at radius 2 is 1.25 bits per heavy atom. The molecular formula is C4H6N2O2. The van der Waals surface area contributed by atoms with E-state index in [9.17, 15) is 9.59 Å².